The van der Waals surface area contributed by atoms with E-state index in [1.165, 1.54) is 18.1 Å². The minimum atomic E-state index is -0.745. The Morgan fingerprint density at radius 2 is 2.13 bits per heavy atom. The molecule has 0 saturated carbocycles. The van der Waals surface area contributed by atoms with E-state index in [9.17, 15) is 14.4 Å². The lowest BCUT2D eigenvalue weighted by molar-refractivity contribution is 0.0857. The van der Waals surface area contributed by atoms with Crippen molar-refractivity contribution in [1.82, 2.24) is 10.2 Å². The molecule has 1 aromatic carbocycles. The Morgan fingerprint density at radius 1 is 1.39 bits per heavy atom. The summed E-state index contributed by atoms with van der Waals surface area (Å²) in [7, 11) is 1.47. The number of urea groups is 1. The van der Waals surface area contributed by atoms with E-state index < -0.39 is 17.6 Å². The van der Waals surface area contributed by atoms with Crippen LogP contribution in [0.5, 0.6) is 5.75 Å². The van der Waals surface area contributed by atoms with E-state index in [0.29, 0.717) is 29.8 Å². The molecule has 0 aliphatic carbocycles. The summed E-state index contributed by atoms with van der Waals surface area (Å²) < 4.78 is 10.3. The van der Waals surface area contributed by atoms with Crippen LogP contribution in [0.1, 0.15) is 10.4 Å². The van der Waals surface area contributed by atoms with E-state index in [4.69, 9.17) is 14.9 Å². The lowest BCUT2D eigenvalue weighted by Gasteiger charge is -2.38. The van der Waals surface area contributed by atoms with Crippen molar-refractivity contribution in [2.45, 2.75) is 6.04 Å². The zero-order valence-corrected chi connectivity index (χ0v) is 12.4. The van der Waals surface area contributed by atoms with Gasteiger partial charge in [-0.05, 0) is 12.1 Å². The Balaban J connectivity index is 1.83. The molecule has 2 aromatic rings. The third-order valence-corrected chi connectivity index (χ3v) is 3.72. The van der Waals surface area contributed by atoms with Crippen molar-refractivity contribution in [3.05, 3.63) is 40.2 Å². The number of nitrogens with one attached hydrogen (secondary N) is 1. The minimum absolute atomic E-state index is 0.0942. The van der Waals surface area contributed by atoms with Gasteiger partial charge in [-0.15, -0.1) is 0 Å². The number of methoxy groups -OCH3 is 1. The fourth-order valence-corrected chi connectivity index (χ4v) is 2.45. The minimum Gasteiger partial charge on any atom is -0.493 e. The van der Waals surface area contributed by atoms with Crippen LogP contribution in [-0.2, 0) is 0 Å². The zero-order chi connectivity index (χ0) is 16.6. The average molecular weight is 317 g/mol. The van der Waals surface area contributed by atoms with Crippen LogP contribution in [0, 0.1) is 0 Å². The van der Waals surface area contributed by atoms with Gasteiger partial charge in [0.25, 0.3) is 5.91 Å². The van der Waals surface area contributed by atoms with Crippen LogP contribution in [0.15, 0.2) is 33.5 Å². The third-order valence-electron chi connectivity index (χ3n) is 3.72. The van der Waals surface area contributed by atoms with E-state index in [-0.39, 0.29) is 11.6 Å². The number of benzene rings is 1. The second-order valence-corrected chi connectivity index (χ2v) is 5.24. The number of nitrogens with zero attached hydrogens (tertiary/aromatic N) is 1. The van der Waals surface area contributed by atoms with E-state index in [1.54, 1.807) is 18.2 Å². The fourth-order valence-electron chi connectivity index (χ4n) is 2.45. The summed E-state index contributed by atoms with van der Waals surface area (Å²) in [6.07, 6.45) is 0. The summed E-state index contributed by atoms with van der Waals surface area (Å²) in [6, 6.07) is 5.82. The number of carbonyl (C=O) groups is 2. The molecule has 3 rings (SSSR count). The van der Waals surface area contributed by atoms with E-state index in [2.05, 4.69) is 5.32 Å². The van der Waals surface area contributed by atoms with Crippen LogP contribution in [0.25, 0.3) is 11.0 Å². The molecule has 0 unspecified atom stereocenters. The van der Waals surface area contributed by atoms with Crippen molar-refractivity contribution in [3.8, 4) is 5.75 Å². The Bertz CT molecular complexity index is 839. The molecule has 1 fully saturated rings. The Labute approximate surface area is 130 Å². The molecule has 0 spiro atoms. The second kappa shape index (κ2) is 5.64. The van der Waals surface area contributed by atoms with Gasteiger partial charge in [0.1, 0.15) is 5.56 Å². The highest BCUT2D eigenvalue weighted by atomic mass is 16.5. The van der Waals surface area contributed by atoms with Gasteiger partial charge in [0.15, 0.2) is 11.3 Å². The SMILES string of the molecule is COc1cccc2cc(C(=O)NC3CN(C(N)=O)C3)c(=O)oc12. The molecule has 0 radical (unpaired) electrons. The number of carbonyl (C=O) groups excluding carboxylic acids is 2. The molecule has 23 heavy (non-hydrogen) atoms. The van der Waals surface area contributed by atoms with Crippen LogP contribution in [0.2, 0.25) is 0 Å². The zero-order valence-electron chi connectivity index (χ0n) is 12.4. The highest BCUT2D eigenvalue weighted by Crippen LogP contribution is 2.24. The number of likely N-dealkylation sites (tertiary alicyclic amines) is 1. The summed E-state index contributed by atoms with van der Waals surface area (Å²) in [6.45, 7) is 0.654. The van der Waals surface area contributed by atoms with Gasteiger partial charge < -0.3 is 25.1 Å². The Hall–Kier alpha value is -3.03. The van der Waals surface area contributed by atoms with Gasteiger partial charge in [-0.1, -0.05) is 12.1 Å². The predicted octanol–water partition coefficient (Wildman–Crippen LogP) is 0.294. The Morgan fingerprint density at radius 3 is 2.78 bits per heavy atom. The smallest absolute Gasteiger partial charge is 0.349 e. The largest absolute Gasteiger partial charge is 0.493 e. The number of hydrogen-bond acceptors (Lipinski definition) is 5. The van der Waals surface area contributed by atoms with E-state index in [1.807, 2.05) is 0 Å². The standard InChI is InChI=1S/C15H15N3O5/c1-22-11-4-2-3-8-5-10(14(20)23-12(8)11)13(19)17-9-6-18(7-9)15(16)21/h2-5,9H,6-7H2,1H3,(H2,16,21)(H,17,19). The molecule has 1 aromatic heterocycles. The molecule has 8 heteroatoms. The number of hydrogen-bond donors (Lipinski definition) is 2. The number of nitrogens with two attached hydrogens (primary N) is 1. The van der Waals surface area contributed by atoms with Crippen LogP contribution in [0.4, 0.5) is 4.79 Å². The van der Waals surface area contributed by atoms with E-state index >= 15 is 0 Å². The molecule has 120 valence electrons. The number of para-hydroxylation sites is 1. The van der Waals surface area contributed by atoms with Crippen LogP contribution in [-0.4, -0.2) is 43.1 Å². The number of amides is 3. The fraction of sp³-hybridized carbons (Fsp3) is 0.267. The van der Waals surface area contributed by atoms with Crippen molar-refractivity contribution in [2.24, 2.45) is 5.73 Å². The van der Waals surface area contributed by atoms with Crippen molar-refractivity contribution in [2.75, 3.05) is 20.2 Å². The normalized spacial score (nSPS) is 14.4. The van der Waals surface area contributed by atoms with E-state index in [0.717, 1.165) is 0 Å². The topological polar surface area (TPSA) is 115 Å². The molecule has 1 aliphatic heterocycles. The summed E-state index contributed by atoms with van der Waals surface area (Å²) in [4.78, 5) is 36.5. The molecule has 3 N–H and O–H groups in total. The molecular weight excluding hydrogens is 302 g/mol. The lowest BCUT2D eigenvalue weighted by atomic mass is 10.1. The molecule has 1 saturated heterocycles. The van der Waals surface area contributed by atoms with Gasteiger partial charge in [0.05, 0.1) is 13.2 Å². The molecule has 0 atom stereocenters. The molecule has 0 bridgehead atoms. The quantitative estimate of drug-likeness (QED) is 0.790. The van der Waals surface area contributed by atoms with Gasteiger partial charge in [-0.2, -0.15) is 0 Å². The molecular formula is C15H15N3O5. The van der Waals surface area contributed by atoms with Crippen molar-refractivity contribution in [3.63, 3.8) is 0 Å². The maximum Gasteiger partial charge on any atom is 0.349 e. The molecule has 2 heterocycles. The van der Waals surface area contributed by atoms with Gasteiger partial charge in [-0.3, -0.25) is 4.79 Å². The van der Waals surface area contributed by atoms with Crippen molar-refractivity contribution < 1.29 is 18.7 Å². The number of ether oxygens (including phenoxy) is 1. The Kier molecular flexibility index (Phi) is 3.65. The molecule has 8 nitrogen and oxygen atoms in total. The highest BCUT2D eigenvalue weighted by molar-refractivity contribution is 5.97. The van der Waals surface area contributed by atoms with Crippen LogP contribution >= 0.6 is 0 Å². The van der Waals surface area contributed by atoms with Crippen LogP contribution in [0.3, 0.4) is 0 Å². The highest BCUT2D eigenvalue weighted by Gasteiger charge is 2.31. The first-order valence-corrected chi connectivity index (χ1v) is 6.95. The number of fused-ring (bicyclic) bond motifs is 1. The maximum absolute atomic E-state index is 12.2. The molecule has 1 aliphatic rings. The van der Waals surface area contributed by atoms with Crippen LogP contribution < -0.4 is 21.4 Å². The summed E-state index contributed by atoms with van der Waals surface area (Å²) in [5, 5.41) is 3.26. The van der Waals surface area contributed by atoms with Crippen molar-refractivity contribution in [1.29, 1.82) is 0 Å². The maximum atomic E-state index is 12.2. The second-order valence-electron chi connectivity index (χ2n) is 5.24. The molecule has 3 amide bonds. The summed E-state index contributed by atoms with van der Waals surface area (Å²) in [5.41, 5.74) is 4.57. The summed E-state index contributed by atoms with van der Waals surface area (Å²) >= 11 is 0. The number of rotatable bonds is 3. The third kappa shape index (κ3) is 2.70. The first-order chi connectivity index (χ1) is 11.0. The van der Waals surface area contributed by atoms with Gasteiger partial charge >= 0.3 is 11.7 Å². The predicted molar refractivity (Wildman–Crippen MR) is 81.4 cm³/mol. The first kappa shape index (κ1) is 14.9. The lowest BCUT2D eigenvalue weighted by Crippen LogP contribution is -2.62. The van der Waals surface area contributed by atoms with Crippen molar-refractivity contribution >= 4 is 22.9 Å². The average Bonchev–Trinajstić information content (AvgIpc) is 2.48. The first-order valence-electron chi connectivity index (χ1n) is 6.95. The monoisotopic (exact) mass is 317 g/mol. The van der Waals surface area contributed by atoms with Gasteiger partial charge in [0, 0.05) is 18.5 Å². The number of primary amides is 1. The van der Waals surface area contributed by atoms with Gasteiger partial charge in [-0.25, -0.2) is 9.59 Å². The van der Waals surface area contributed by atoms with Gasteiger partial charge in [0.2, 0.25) is 0 Å². The summed E-state index contributed by atoms with van der Waals surface area (Å²) in [5.74, 6) is -0.125.